The van der Waals surface area contributed by atoms with Gasteiger partial charge in [-0.1, -0.05) is 23.8 Å². The normalized spacial score (nSPS) is 13.8. The number of halogens is 4. The number of sulfonamides is 1. The van der Waals surface area contributed by atoms with Gasteiger partial charge in [0.2, 0.25) is 10.0 Å². The zero-order valence-corrected chi connectivity index (χ0v) is 12.4. The molecule has 0 fully saturated rings. The zero-order valence-electron chi connectivity index (χ0n) is 10.0. The molecule has 3 N–H and O–H groups in total. The zero-order chi connectivity index (χ0) is 15.7. The SMILES string of the molecule is CC(C(N)=S)S(=O)(=O)Nc1cc(C(F)(F)F)ccc1Cl. The number of benzene rings is 1. The van der Waals surface area contributed by atoms with Crippen LogP contribution in [0.3, 0.4) is 0 Å². The van der Waals surface area contributed by atoms with Crippen LogP contribution >= 0.6 is 23.8 Å². The molecule has 4 nitrogen and oxygen atoms in total. The summed E-state index contributed by atoms with van der Waals surface area (Å²) in [7, 11) is -4.07. The van der Waals surface area contributed by atoms with Crippen molar-refractivity contribution in [2.45, 2.75) is 18.3 Å². The fourth-order valence-corrected chi connectivity index (χ4v) is 2.73. The molecule has 0 aliphatic rings. The number of nitrogens with one attached hydrogen (secondary N) is 1. The lowest BCUT2D eigenvalue weighted by atomic mass is 10.2. The Morgan fingerprint density at radius 3 is 2.45 bits per heavy atom. The first-order chi connectivity index (χ1) is 8.95. The molecule has 0 spiro atoms. The van der Waals surface area contributed by atoms with Crippen LogP contribution in [0.1, 0.15) is 12.5 Å². The van der Waals surface area contributed by atoms with Gasteiger partial charge in [0, 0.05) is 0 Å². The van der Waals surface area contributed by atoms with Crippen molar-refractivity contribution in [1.82, 2.24) is 0 Å². The molecule has 1 aromatic rings. The van der Waals surface area contributed by atoms with Gasteiger partial charge >= 0.3 is 6.18 Å². The average Bonchev–Trinajstić information content (AvgIpc) is 2.29. The van der Waals surface area contributed by atoms with Crippen molar-refractivity contribution in [3.05, 3.63) is 28.8 Å². The maximum atomic E-state index is 12.6. The van der Waals surface area contributed by atoms with Crippen molar-refractivity contribution in [3.63, 3.8) is 0 Å². The Labute approximate surface area is 124 Å². The molecule has 0 saturated heterocycles. The number of rotatable bonds is 4. The van der Waals surface area contributed by atoms with Gasteiger partial charge in [0.1, 0.15) is 5.25 Å². The van der Waals surface area contributed by atoms with E-state index in [1.54, 1.807) is 0 Å². The molecule has 0 bridgehead atoms. The van der Waals surface area contributed by atoms with Gasteiger partial charge in [0.25, 0.3) is 0 Å². The Hall–Kier alpha value is -1.06. The van der Waals surface area contributed by atoms with E-state index in [-0.39, 0.29) is 15.7 Å². The summed E-state index contributed by atoms with van der Waals surface area (Å²) >= 11 is 10.2. The van der Waals surface area contributed by atoms with Gasteiger partial charge in [-0.25, -0.2) is 8.42 Å². The first-order valence-corrected chi connectivity index (χ1v) is 7.46. The van der Waals surface area contributed by atoms with E-state index in [1.165, 1.54) is 6.92 Å². The molecular formula is C10H10ClF3N2O2S2. The van der Waals surface area contributed by atoms with E-state index in [9.17, 15) is 21.6 Å². The minimum absolute atomic E-state index is 0.170. The van der Waals surface area contributed by atoms with Crippen molar-refractivity contribution < 1.29 is 21.6 Å². The molecule has 10 heteroatoms. The molecule has 0 radical (unpaired) electrons. The first-order valence-electron chi connectivity index (χ1n) is 5.13. The standard InChI is InChI=1S/C10H10ClF3N2O2S2/c1-5(9(15)19)20(17,18)16-8-4-6(10(12,13)14)2-3-7(8)11/h2-5,16H,1H3,(H2,15,19). The quantitative estimate of drug-likeness (QED) is 0.822. The second-order valence-electron chi connectivity index (χ2n) is 3.88. The molecule has 1 unspecified atom stereocenters. The van der Waals surface area contributed by atoms with Crippen molar-refractivity contribution in [2.24, 2.45) is 5.73 Å². The number of anilines is 1. The highest BCUT2D eigenvalue weighted by Gasteiger charge is 2.32. The smallest absolute Gasteiger partial charge is 0.392 e. The molecule has 0 aliphatic heterocycles. The van der Waals surface area contributed by atoms with Gasteiger partial charge in [-0.2, -0.15) is 13.2 Å². The Balaban J connectivity index is 3.19. The van der Waals surface area contributed by atoms with E-state index in [0.717, 1.165) is 12.1 Å². The van der Waals surface area contributed by atoms with Crippen LogP contribution in [0, 0.1) is 0 Å². The average molecular weight is 347 g/mol. The topological polar surface area (TPSA) is 72.2 Å². The number of nitrogens with two attached hydrogens (primary N) is 1. The summed E-state index contributed by atoms with van der Waals surface area (Å²) in [6.07, 6.45) is -4.61. The number of hydrogen-bond acceptors (Lipinski definition) is 3. The highest BCUT2D eigenvalue weighted by atomic mass is 35.5. The third-order valence-corrected chi connectivity index (χ3v) is 4.93. The van der Waals surface area contributed by atoms with Crippen LogP contribution in [0.2, 0.25) is 5.02 Å². The van der Waals surface area contributed by atoms with Gasteiger partial charge in [0.15, 0.2) is 0 Å². The van der Waals surface area contributed by atoms with Gasteiger partial charge in [-0.05, 0) is 25.1 Å². The molecule has 0 aliphatic carbocycles. The summed E-state index contributed by atoms with van der Waals surface area (Å²) in [5.74, 6) is 0. The summed E-state index contributed by atoms with van der Waals surface area (Å²) in [4.78, 5) is -0.305. The summed E-state index contributed by atoms with van der Waals surface area (Å²) in [5.41, 5.74) is 3.80. The molecule has 0 heterocycles. The summed E-state index contributed by atoms with van der Waals surface area (Å²) in [6, 6.07) is 2.30. The summed E-state index contributed by atoms with van der Waals surface area (Å²) < 4.78 is 63.3. The van der Waals surface area contributed by atoms with E-state index < -0.39 is 27.0 Å². The Kier molecular flexibility index (Phi) is 4.88. The van der Waals surface area contributed by atoms with Crippen LogP contribution in [0.15, 0.2) is 18.2 Å². The van der Waals surface area contributed by atoms with Gasteiger partial charge in [0.05, 0.1) is 21.3 Å². The van der Waals surface area contributed by atoms with E-state index in [0.29, 0.717) is 6.07 Å². The van der Waals surface area contributed by atoms with E-state index >= 15 is 0 Å². The Bertz CT molecular complexity index is 632. The van der Waals surface area contributed by atoms with Crippen LogP contribution in [-0.2, 0) is 16.2 Å². The van der Waals surface area contributed by atoms with Gasteiger partial charge in [-0.15, -0.1) is 0 Å². The van der Waals surface area contributed by atoms with Crippen LogP contribution in [0.5, 0.6) is 0 Å². The summed E-state index contributed by atoms with van der Waals surface area (Å²) in [5, 5.41) is -1.42. The monoisotopic (exact) mass is 346 g/mol. The van der Waals surface area contributed by atoms with Crippen LogP contribution in [-0.4, -0.2) is 18.7 Å². The van der Waals surface area contributed by atoms with Crippen molar-refractivity contribution in [3.8, 4) is 0 Å². The third kappa shape index (κ3) is 3.97. The largest absolute Gasteiger partial charge is 0.416 e. The lowest BCUT2D eigenvalue weighted by molar-refractivity contribution is -0.137. The Morgan fingerprint density at radius 2 is 2.00 bits per heavy atom. The predicted octanol–water partition coefficient (Wildman–Crippen LogP) is 2.78. The molecule has 0 amide bonds. The number of hydrogen-bond donors (Lipinski definition) is 2. The molecule has 1 atom stereocenters. The second-order valence-corrected chi connectivity index (χ2v) is 6.76. The van der Waals surface area contributed by atoms with Crippen LogP contribution in [0.25, 0.3) is 0 Å². The molecule has 0 aromatic heterocycles. The predicted molar refractivity (Wildman–Crippen MR) is 75.2 cm³/mol. The highest BCUT2D eigenvalue weighted by Crippen LogP contribution is 2.34. The fourth-order valence-electron chi connectivity index (χ4n) is 1.17. The van der Waals surface area contributed by atoms with Crippen molar-refractivity contribution >= 4 is 44.5 Å². The minimum Gasteiger partial charge on any atom is -0.392 e. The summed E-state index contributed by atoms with van der Waals surface area (Å²) in [6.45, 7) is 1.21. The van der Waals surface area contributed by atoms with E-state index in [2.05, 4.69) is 12.2 Å². The molecule has 1 aromatic carbocycles. The molecular weight excluding hydrogens is 337 g/mol. The van der Waals surface area contributed by atoms with E-state index in [4.69, 9.17) is 17.3 Å². The highest BCUT2D eigenvalue weighted by molar-refractivity contribution is 7.95. The Morgan fingerprint density at radius 1 is 1.45 bits per heavy atom. The molecule has 1 rings (SSSR count). The third-order valence-electron chi connectivity index (χ3n) is 2.41. The lowest BCUT2D eigenvalue weighted by Gasteiger charge is -2.16. The number of alkyl halides is 3. The van der Waals surface area contributed by atoms with Crippen molar-refractivity contribution in [1.29, 1.82) is 0 Å². The molecule has 0 saturated carbocycles. The second kappa shape index (κ2) is 5.74. The van der Waals surface area contributed by atoms with Crippen molar-refractivity contribution in [2.75, 3.05) is 4.72 Å². The maximum absolute atomic E-state index is 12.6. The molecule has 20 heavy (non-hydrogen) atoms. The fraction of sp³-hybridized carbons (Fsp3) is 0.300. The maximum Gasteiger partial charge on any atom is 0.416 e. The van der Waals surface area contributed by atoms with Gasteiger partial charge < -0.3 is 5.73 Å². The minimum atomic E-state index is -4.61. The van der Waals surface area contributed by atoms with Gasteiger partial charge in [-0.3, -0.25) is 4.72 Å². The first kappa shape index (κ1) is 17.0. The van der Waals surface area contributed by atoms with Crippen LogP contribution < -0.4 is 10.5 Å². The number of thiocarbonyl (C=S) groups is 1. The van der Waals surface area contributed by atoms with E-state index in [1.807, 2.05) is 4.72 Å². The molecule has 112 valence electrons. The lowest BCUT2D eigenvalue weighted by Crippen LogP contribution is -2.35. The van der Waals surface area contributed by atoms with Crippen LogP contribution in [0.4, 0.5) is 18.9 Å².